The average molecular weight is 762 g/mol. The monoisotopic (exact) mass is 761 g/mol. The zero-order valence-electron chi connectivity index (χ0n) is 32.1. The summed E-state index contributed by atoms with van der Waals surface area (Å²) >= 11 is 6.11. The molecule has 0 N–H and O–H groups in total. The zero-order valence-corrected chi connectivity index (χ0v) is 32.9. The summed E-state index contributed by atoms with van der Waals surface area (Å²) in [4.78, 5) is 51.1. The van der Waals surface area contributed by atoms with E-state index in [2.05, 4.69) is 21.9 Å². The number of ether oxygens (including phenoxy) is 1. The van der Waals surface area contributed by atoms with Gasteiger partial charge in [-0.15, -0.1) is 0 Å². The van der Waals surface area contributed by atoms with Gasteiger partial charge in [0.05, 0.1) is 6.10 Å². The van der Waals surface area contributed by atoms with E-state index in [0.717, 1.165) is 60.9 Å². The van der Waals surface area contributed by atoms with Crippen LogP contribution in [0.5, 0.6) is 5.75 Å². The van der Waals surface area contributed by atoms with Crippen molar-refractivity contribution < 1.29 is 19.1 Å². The smallest absolute Gasteiger partial charge is 0.247 e. The molecule has 6 rings (SSSR count). The SMILES string of the molecule is CC(=O)N1CCN(c2ccc(CN(C(=O)C=Cc3ccc(OC(C)C)cc3)C(Cc3ccccc3)C(=O)N3CCN(Cc4ccc(Cl)cc4)CC3)cc2)CC1. The third-order valence-corrected chi connectivity index (χ3v) is 10.5. The molecule has 2 aliphatic heterocycles. The van der Waals surface area contributed by atoms with Gasteiger partial charge in [0.2, 0.25) is 17.7 Å². The van der Waals surface area contributed by atoms with E-state index < -0.39 is 6.04 Å². The Balaban J connectivity index is 1.24. The van der Waals surface area contributed by atoms with Crippen molar-refractivity contribution in [1.29, 1.82) is 0 Å². The van der Waals surface area contributed by atoms with Crippen molar-refractivity contribution in [3.63, 3.8) is 0 Å². The Morgan fingerprint density at radius 3 is 1.96 bits per heavy atom. The molecule has 4 aromatic carbocycles. The third kappa shape index (κ3) is 11.2. The average Bonchev–Trinajstić information content (AvgIpc) is 3.20. The number of amides is 3. The molecular weight excluding hydrogens is 710 g/mol. The fraction of sp³-hybridized carbons (Fsp3) is 0.356. The summed E-state index contributed by atoms with van der Waals surface area (Å²) in [6.45, 7) is 12.2. The fourth-order valence-corrected chi connectivity index (χ4v) is 7.30. The Morgan fingerprint density at radius 2 is 1.35 bits per heavy atom. The number of piperazine rings is 2. The van der Waals surface area contributed by atoms with Gasteiger partial charge in [-0.2, -0.15) is 0 Å². The van der Waals surface area contributed by atoms with Crippen molar-refractivity contribution in [3.05, 3.63) is 136 Å². The molecule has 1 unspecified atom stereocenters. The summed E-state index contributed by atoms with van der Waals surface area (Å²) in [7, 11) is 0. The zero-order chi connectivity index (χ0) is 38.7. The van der Waals surface area contributed by atoms with Gasteiger partial charge in [-0.1, -0.05) is 78.3 Å². The molecular formula is C45H52ClN5O4. The summed E-state index contributed by atoms with van der Waals surface area (Å²) in [5, 5.41) is 0.715. The molecule has 0 spiro atoms. The maximum absolute atomic E-state index is 14.7. The van der Waals surface area contributed by atoms with Crippen LogP contribution in [0.15, 0.2) is 109 Å². The van der Waals surface area contributed by atoms with E-state index in [-0.39, 0.29) is 30.4 Å². The number of nitrogens with zero attached hydrogens (tertiary/aromatic N) is 5. The summed E-state index contributed by atoms with van der Waals surface area (Å²) in [6, 6.07) is 33.0. The van der Waals surface area contributed by atoms with Crippen LogP contribution in [0.2, 0.25) is 5.02 Å². The Morgan fingerprint density at radius 1 is 0.727 bits per heavy atom. The van der Waals surface area contributed by atoms with Crippen LogP contribution in [-0.2, 0) is 33.9 Å². The molecule has 55 heavy (non-hydrogen) atoms. The topological polar surface area (TPSA) is 76.6 Å². The van der Waals surface area contributed by atoms with Crippen molar-refractivity contribution in [2.75, 3.05) is 57.3 Å². The normalized spacial score (nSPS) is 15.7. The number of benzene rings is 4. The van der Waals surface area contributed by atoms with E-state index in [1.165, 1.54) is 5.56 Å². The highest BCUT2D eigenvalue weighted by Gasteiger charge is 2.34. The highest BCUT2D eigenvalue weighted by Crippen LogP contribution is 2.23. The summed E-state index contributed by atoms with van der Waals surface area (Å²) in [5.41, 5.74) is 5.04. The predicted octanol–water partition coefficient (Wildman–Crippen LogP) is 6.79. The first-order valence-corrected chi connectivity index (χ1v) is 19.6. The lowest BCUT2D eigenvalue weighted by Gasteiger charge is -2.39. The highest BCUT2D eigenvalue weighted by atomic mass is 35.5. The number of anilines is 1. The number of carbonyl (C=O) groups is 3. The van der Waals surface area contributed by atoms with E-state index in [1.54, 1.807) is 24.0 Å². The predicted molar refractivity (Wildman–Crippen MR) is 220 cm³/mol. The van der Waals surface area contributed by atoms with Gasteiger partial charge in [-0.05, 0) is 78.6 Å². The van der Waals surface area contributed by atoms with Crippen LogP contribution in [0.3, 0.4) is 0 Å². The molecule has 0 aliphatic carbocycles. The molecule has 3 amide bonds. The van der Waals surface area contributed by atoms with Crippen LogP contribution in [-0.4, -0.2) is 102 Å². The van der Waals surface area contributed by atoms with Gasteiger partial charge < -0.3 is 24.3 Å². The van der Waals surface area contributed by atoms with E-state index in [1.807, 2.05) is 115 Å². The molecule has 0 bridgehead atoms. The summed E-state index contributed by atoms with van der Waals surface area (Å²) in [5.74, 6) is 0.589. The van der Waals surface area contributed by atoms with Gasteiger partial charge in [0, 0.05) is 95.6 Å². The molecule has 2 heterocycles. The van der Waals surface area contributed by atoms with E-state index in [9.17, 15) is 14.4 Å². The van der Waals surface area contributed by atoms with Crippen LogP contribution >= 0.6 is 11.6 Å². The fourth-order valence-electron chi connectivity index (χ4n) is 7.18. The maximum Gasteiger partial charge on any atom is 0.247 e. The van der Waals surface area contributed by atoms with Gasteiger partial charge >= 0.3 is 0 Å². The van der Waals surface area contributed by atoms with E-state index in [4.69, 9.17) is 16.3 Å². The molecule has 0 radical (unpaired) electrons. The minimum absolute atomic E-state index is 0.0492. The number of carbonyl (C=O) groups excluding carboxylic acids is 3. The van der Waals surface area contributed by atoms with Gasteiger partial charge in [0.1, 0.15) is 11.8 Å². The number of halogens is 1. The summed E-state index contributed by atoms with van der Waals surface area (Å²) in [6.07, 6.45) is 3.84. The standard InChI is InChI=1S/C45H52ClN5O4/c1-34(2)55-42-20-13-36(14-21-42)15-22-44(53)51(33-39-11-18-41(19-12-39)49-29-27-48(28-30-49)35(3)52)43(31-37-7-5-4-6-8-37)45(54)50-25-23-47(24-26-50)32-38-9-16-40(46)17-10-38/h4-22,34,43H,23-33H2,1-3H3. The molecule has 2 aliphatic rings. The van der Waals surface area contributed by atoms with Crippen molar-refractivity contribution in [2.24, 2.45) is 0 Å². The second-order valence-electron chi connectivity index (χ2n) is 14.6. The molecule has 4 aromatic rings. The van der Waals surface area contributed by atoms with Crippen LogP contribution in [0.4, 0.5) is 5.69 Å². The van der Waals surface area contributed by atoms with Crippen LogP contribution in [0.1, 0.15) is 43.0 Å². The molecule has 1 atom stereocenters. The summed E-state index contributed by atoms with van der Waals surface area (Å²) < 4.78 is 5.81. The first kappa shape index (κ1) is 39.6. The second kappa shape index (κ2) is 19.0. The molecule has 2 fully saturated rings. The second-order valence-corrected chi connectivity index (χ2v) is 15.1. The highest BCUT2D eigenvalue weighted by molar-refractivity contribution is 6.30. The molecule has 9 nitrogen and oxygen atoms in total. The van der Waals surface area contributed by atoms with Crippen molar-refractivity contribution in [2.45, 2.75) is 52.4 Å². The maximum atomic E-state index is 14.7. The van der Waals surface area contributed by atoms with Gasteiger partial charge in [-0.25, -0.2) is 0 Å². The lowest BCUT2D eigenvalue weighted by molar-refractivity contribution is -0.145. The van der Waals surface area contributed by atoms with Crippen LogP contribution in [0, 0.1) is 0 Å². The first-order valence-electron chi connectivity index (χ1n) is 19.3. The molecule has 10 heteroatoms. The van der Waals surface area contributed by atoms with Crippen molar-refractivity contribution in [3.8, 4) is 5.75 Å². The Bertz CT molecular complexity index is 1880. The minimum Gasteiger partial charge on any atom is -0.491 e. The first-order chi connectivity index (χ1) is 26.6. The Hall–Kier alpha value is -5.12. The lowest BCUT2D eigenvalue weighted by Crippen LogP contribution is -2.56. The third-order valence-electron chi connectivity index (χ3n) is 10.3. The van der Waals surface area contributed by atoms with Gasteiger partial charge in [0.25, 0.3) is 0 Å². The van der Waals surface area contributed by atoms with E-state index in [0.29, 0.717) is 37.6 Å². The molecule has 0 aromatic heterocycles. The van der Waals surface area contributed by atoms with Crippen molar-refractivity contribution >= 4 is 41.1 Å². The lowest BCUT2D eigenvalue weighted by atomic mass is 10.0. The Labute approximate surface area is 330 Å². The molecule has 0 saturated carbocycles. The van der Waals surface area contributed by atoms with Crippen LogP contribution in [0.25, 0.3) is 6.08 Å². The number of hydrogen-bond acceptors (Lipinski definition) is 6. The van der Waals surface area contributed by atoms with Gasteiger partial charge in [-0.3, -0.25) is 19.3 Å². The quantitative estimate of drug-likeness (QED) is 0.140. The largest absolute Gasteiger partial charge is 0.491 e. The van der Waals surface area contributed by atoms with E-state index >= 15 is 0 Å². The van der Waals surface area contributed by atoms with Gasteiger partial charge in [0.15, 0.2) is 0 Å². The Kier molecular flexibility index (Phi) is 13.6. The molecule has 2 saturated heterocycles. The number of rotatable bonds is 13. The molecule has 288 valence electrons. The number of hydrogen-bond donors (Lipinski definition) is 0. The minimum atomic E-state index is -0.719. The van der Waals surface area contributed by atoms with Crippen molar-refractivity contribution in [1.82, 2.24) is 19.6 Å². The van der Waals surface area contributed by atoms with Crippen LogP contribution < -0.4 is 9.64 Å².